The Morgan fingerprint density at radius 1 is 1.37 bits per heavy atom. The van der Waals surface area contributed by atoms with Gasteiger partial charge in [0.15, 0.2) is 0 Å². The first kappa shape index (κ1) is 15.8. The van der Waals surface area contributed by atoms with Crippen molar-refractivity contribution in [2.45, 2.75) is 25.9 Å². The van der Waals surface area contributed by atoms with E-state index in [9.17, 15) is 4.79 Å². The van der Waals surface area contributed by atoms with Gasteiger partial charge in [0.1, 0.15) is 11.9 Å². The molecule has 0 radical (unpaired) electrons. The summed E-state index contributed by atoms with van der Waals surface area (Å²) in [6.45, 7) is 3.27. The molecule has 0 aromatic heterocycles. The largest absolute Gasteiger partial charge is 0.489 e. The monoisotopic (exact) mass is 284 g/mol. The van der Waals surface area contributed by atoms with E-state index in [1.54, 1.807) is 12.1 Å². The lowest BCUT2D eigenvalue weighted by atomic mass is 10.3. The van der Waals surface area contributed by atoms with Gasteiger partial charge in [-0.3, -0.25) is 4.79 Å². The van der Waals surface area contributed by atoms with Crippen LogP contribution in [0.1, 0.15) is 19.8 Å². The average molecular weight is 285 g/mol. The standard InChI is InChI=1S/C14H21ClN2O2/c1-11(10-17-14(18)4-3-9-16-2)19-13-7-5-12(15)6-8-13/h5-8,11,16H,3-4,9-10H2,1-2H3,(H,17,18). The molecule has 0 saturated heterocycles. The highest BCUT2D eigenvalue weighted by molar-refractivity contribution is 6.30. The molecule has 0 bridgehead atoms. The van der Waals surface area contributed by atoms with E-state index in [1.807, 2.05) is 26.1 Å². The van der Waals surface area contributed by atoms with Gasteiger partial charge in [-0.25, -0.2) is 0 Å². The van der Waals surface area contributed by atoms with Crippen molar-refractivity contribution in [3.05, 3.63) is 29.3 Å². The smallest absolute Gasteiger partial charge is 0.220 e. The number of halogens is 1. The van der Waals surface area contributed by atoms with Gasteiger partial charge < -0.3 is 15.4 Å². The Morgan fingerprint density at radius 2 is 2.05 bits per heavy atom. The lowest BCUT2D eigenvalue weighted by Gasteiger charge is -2.15. The van der Waals surface area contributed by atoms with E-state index in [1.165, 1.54) is 0 Å². The molecular weight excluding hydrogens is 264 g/mol. The highest BCUT2D eigenvalue weighted by Gasteiger charge is 2.06. The summed E-state index contributed by atoms with van der Waals surface area (Å²) in [6, 6.07) is 7.18. The van der Waals surface area contributed by atoms with Crippen molar-refractivity contribution in [3.8, 4) is 5.75 Å². The molecule has 0 spiro atoms. The maximum absolute atomic E-state index is 11.5. The Labute approximate surface area is 119 Å². The lowest BCUT2D eigenvalue weighted by Crippen LogP contribution is -2.33. The van der Waals surface area contributed by atoms with Crippen LogP contribution in [0.5, 0.6) is 5.75 Å². The van der Waals surface area contributed by atoms with Gasteiger partial charge in [0.25, 0.3) is 0 Å². The average Bonchev–Trinajstić information content (AvgIpc) is 2.39. The van der Waals surface area contributed by atoms with Crippen molar-refractivity contribution in [1.82, 2.24) is 10.6 Å². The molecule has 2 N–H and O–H groups in total. The quantitative estimate of drug-likeness (QED) is 0.720. The van der Waals surface area contributed by atoms with Gasteiger partial charge in [-0.15, -0.1) is 0 Å². The summed E-state index contributed by atoms with van der Waals surface area (Å²) in [4.78, 5) is 11.5. The van der Waals surface area contributed by atoms with Crippen molar-refractivity contribution in [2.24, 2.45) is 0 Å². The zero-order chi connectivity index (χ0) is 14.1. The molecule has 19 heavy (non-hydrogen) atoms. The van der Waals surface area contributed by atoms with Crippen molar-refractivity contribution < 1.29 is 9.53 Å². The first-order valence-electron chi connectivity index (χ1n) is 6.45. The zero-order valence-electron chi connectivity index (χ0n) is 11.4. The Hall–Kier alpha value is -1.26. The summed E-state index contributed by atoms with van der Waals surface area (Å²) in [5.41, 5.74) is 0. The van der Waals surface area contributed by atoms with E-state index in [0.29, 0.717) is 18.0 Å². The number of amides is 1. The Balaban J connectivity index is 2.22. The number of nitrogens with one attached hydrogen (secondary N) is 2. The number of rotatable bonds is 8. The second kappa shape index (κ2) is 8.77. The molecule has 1 aromatic carbocycles. The van der Waals surface area contributed by atoms with Crippen LogP contribution in [0.3, 0.4) is 0 Å². The molecule has 0 aliphatic heterocycles. The van der Waals surface area contributed by atoms with E-state index in [0.717, 1.165) is 18.7 Å². The second-order valence-corrected chi connectivity index (χ2v) is 4.83. The van der Waals surface area contributed by atoms with E-state index in [2.05, 4.69) is 10.6 Å². The first-order valence-corrected chi connectivity index (χ1v) is 6.83. The van der Waals surface area contributed by atoms with Crippen LogP contribution in [0, 0.1) is 0 Å². The van der Waals surface area contributed by atoms with Crippen molar-refractivity contribution >= 4 is 17.5 Å². The van der Waals surface area contributed by atoms with Gasteiger partial charge >= 0.3 is 0 Å². The number of benzene rings is 1. The van der Waals surface area contributed by atoms with Crippen LogP contribution in [-0.4, -0.2) is 32.1 Å². The molecule has 1 unspecified atom stereocenters. The number of hydrogen-bond donors (Lipinski definition) is 2. The van der Waals surface area contributed by atoms with E-state index >= 15 is 0 Å². The molecule has 1 rings (SSSR count). The molecule has 1 amide bonds. The van der Waals surface area contributed by atoms with E-state index < -0.39 is 0 Å². The highest BCUT2D eigenvalue weighted by atomic mass is 35.5. The number of carbonyl (C=O) groups excluding carboxylic acids is 1. The van der Waals surface area contributed by atoms with Gasteiger partial charge in [0, 0.05) is 11.4 Å². The fourth-order valence-corrected chi connectivity index (χ4v) is 1.68. The summed E-state index contributed by atoms with van der Waals surface area (Å²) in [6.07, 6.45) is 1.30. The van der Waals surface area contributed by atoms with Gasteiger partial charge in [0.05, 0.1) is 6.54 Å². The number of hydrogen-bond acceptors (Lipinski definition) is 3. The fraction of sp³-hybridized carbons (Fsp3) is 0.500. The van der Waals surface area contributed by atoms with Crippen molar-refractivity contribution in [3.63, 3.8) is 0 Å². The maximum Gasteiger partial charge on any atom is 0.220 e. The van der Waals surface area contributed by atoms with Crippen LogP contribution in [0.2, 0.25) is 5.02 Å². The van der Waals surface area contributed by atoms with E-state index in [4.69, 9.17) is 16.3 Å². The van der Waals surface area contributed by atoms with Gasteiger partial charge in [0.2, 0.25) is 5.91 Å². The zero-order valence-corrected chi connectivity index (χ0v) is 12.2. The summed E-state index contributed by atoms with van der Waals surface area (Å²) in [7, 11) is 1.87. The predicted octanol–water partition coefficient (Wildman–Crippen LogP) is 2.22. The molecule has 4 nitrogen and oxygen atoms in total. The van der Waals surface area contributed by atoms with Gasteiger partial charge in [-0.2, -0.15) is 0 Å². The molecule has 0 heterocycles. The SMILES string of the molecule is CNCCCC(=O)NCC(C)Oc1ccc(Cl)cc1. The molecule has 5 heteroatoms. The molecular formula is C14H21ClN2O2. The summed E-state index contributed by atoms with van der Waals surface area (Å²) in [5, 5.41) is 6.54. The van der Waals surface area contributed by atoms with Gasteiger partial charge in [-0.05, 0) is 51.2 Å². The normalized spacial score (nSPS) is 11.9. The number of carbonyl (C=O) groups is 1. The summed E-state index contributed by atoms with van der Waals surface area (Å²) >= 11 is 5.79. The predicted molar refractivity (Wildman–Crippen MR) is 77.7 cm³/mol. The Bertz CT molecular complexity index is 382. The highest BCUT2D eigenvalue weighted by Crippen LogP contribution is 2.16. The minimum Gasteiger partial charge on any atom is -0.489 e. The van der Waals surface area contributed by atoms with Crippen LogP contribution in [0.25, 0.3) is 0 Å². The third kappa shape index (κ3) is 7.03. The Morgan fingerprint density at radius 3 is 2.68 bits per heavy atom. The Kier molecular flexibility index (Phi) is 7.30. The molecule has 1 aromatic rings. The minimum absolute atomic E-state index is 0.0572. The fourth-order valence-electron chi connectivity index (χ4n) is 1.56. The molecule has 0 aliphatic carbocycles. The first-order chi connectivity index (χ1) is 9.11. The van der Waals surface area contributed by atoms with Crippen molar-refractivity contribution in [2.75, 3.05) is 20.1 Å². The van der Waals surface area contributed by atoms with Crippen LogP contribution >= 0.6 is 11.6 Å². The second-order valence-electron chi connectivity index (χ2n) is 4.39. The third-order valence-corrected chi connectivity index (χ3v) is 2.82. The summed E-state index contributed by atoms with van der Waals surface area (Å²) < 4.78 is 5.66. The third-order valence-electron chi connectivity index (χ3n) is 2.57. The van der Waals surface area contributed by atoms with Crippen LogP contribution in [-0.2, 0) is 4.79 Å². The van der Waals surface area contributed by atoms with Crippen LogP contribution in [0.15, 0.2) is 24.3 Å². The van der Waals surface area contributed by atoms with Gasteiger partial charge in [-0.1, -0.05) is 11.6 Å². The lowest BCUT2D eigenvalue weighted by molar-refractivity contribution is -0.121. The van der Waals surface area contributed by atoms with Crippen LogP contribution < -0.4 is 15.4 Å². The molecule has 0 fully saturated rings. The van der Waals surface area contributed by atoms with E-state index in [-0.39, 0.29) is 12.0 Å². The summed E-state index contributed by atoms with van der Waals surface area (Å²) in [5.74, 6) is 0.808. The van der Waals surface area contributed by atoms with Crippen LogP contribution in [0.4, 0.5) is 0 Å². The molecule has 0 aliphatic rings. The topological polar surface area (TPSA) is 50.4 Å². The molecule has 0 saturated carbocycles. The molecule has 1 atom stereocenters. The molecule has 106 valence electrons. The maximum atomic E-state index is 11.5. The minimum atomic E-state index is -0.0746. The number of ether oxygens (including phenoxy) is 1. The van der Waals surface area contributed by atoms with Crippen molar-refractivity contribution in [1.29, 1.82) is 0 Å².